The maximum atomic E-state index is 14.0. The lowest BCUT2D eigenvalue weighted by molar-refractivity contribution is 0.0698. The number of carboxylic acid groups (broad SMARTS) is 1. The number of hydrogen-bond acceptors (Lipinski definition) is 5. The highest BCUT2D eigenvalue weighted by Crippen LogP contribution is 2.36. The zero-order valence-corrected chi connectivity index (χ0v) is 15.5. The Bertz CT molecular complexity index is 1130. The molecule has 0 fully saturated rings. The van der Waals surface area contributed by atoms with Crippen LogP contribution in [0.15, 0.2) is 48.7 Å². The average Bonchev–Trinajstić information content (AvgIpc) is 2.74. The molecule has 2 aromatic carbocycles. The Morgan fingerprint density at radius 2 is 2.10 bits per heavy atom. The van der Waals surface area contributed by atoms with Gasteiger partial charge in [0.25, 0.3) is 0 Å². The number of nitrogens with zero attached hydrogens (tertiary/aromatic N) is 1. The second-order valence-electron chi connectivity index (χ2n) is 6.73. The molecular weight excluding hydrogens is 375 g/mol. The van der Waals surface area contributed by atoms with Crippen LogP contribution in [0.25, 0.3) is 16.5 Å². The molecule has 0 atom stereocenters. The zero-order valence-electron chi connectivity index (χ0n) is 15.5. The summed E-state index contributed by atoms with van der Waals surface area (Å²) < 4.78 is 19.4. The van der Waals surface area contributed by atoms with E-state index in [1.54, 1.807) is 24.4 Å². The number of ether oxygens (including phenoxy) is 1. The van der Waals surface area contributed by atoms with Crippen molar-refractivity contribution in [1.29, 1.82) is 0 Å². The summed E-state index contributed by atoms with van der Waals surface area (Å²) in [5.41, 5.74) is 3.81. The normalized spacial score (nSPS) is 13.9. The number of carbonyl (C=O) groups is 1. The molecule has 0 unspecified atom stereocenters. The molecule has 0 bridgehead atoms. The van der Waals surface area contributed by atoms with Crippen LogP contribution in [-0.4, -0.2) is 34.4 Å². The van der Waals surface area contributed by atoms with Crippen LogP contribution in [-0.2, 0) is 11.3 Å². The van der Waals surface area contributed by atoms with Crippen LogP contribution in [0, 0.1) is 5.82 Å². The first-order valence-electron chi connectivity index (χ1n) is 9.16. The number of fused-ring (bicyclic) bond motifs is 1. The highest BCUT2D eigenvalue weighted by atomic mass is 19.1. The summed E-state index contributed by atoms with van der Waals surface area (Å²) in [5, 5.41) is 22.7. The van der Waals surface area contributed by atoms with E-state index in [2.05, 4.69) is 10.3 Å². The van der Waals surface area contributed by atoms with Gasteiger partial charge < -0.3 is 20.3 Å². The number of nitrogens with one attached hydrogen (secondary N) is 1. The van der Waals surface area contributed by atoms with Crippen molar-refractivity contribution in [3.05, 3.63) is 71.2 Å². The second-order valence-corrected chi connectivity index (χ2v) is 6.73. The number of hydrogen-bond donors (Lipinski definition) is 3. The van der Waals surface area contributed by atoms with E-state index in [1.807, 2.05) is 6.08 Å². The van der Waals surface area contributed by atoms with Gasteiger partial charge in [-0.3, -0.25) is 4.98 Å². The Labute approximate surface area is 166 Å². The van der Waals surface area contributed by atoms with Gasteiger partial charge >= 0.3 is 5.97 Å². The molecule has 3 N–H and O–H groups in total. The molecule has 0 aliphatic carbocycles. The molecule has 1 aliphatic heterocycles. The van der Waals surface area contributed by atoms with E-state index in [1.165, 1.54) is 18.2 Å². The van der Waals surface area contributed by atoms with Crippen molar-refractivity contribution < 1.29 is 24.1 Å². The molecule has 1 aromatic heterocycles. The maximum Gasteiger partial charge on any atom is 0.337 e. The fraction of sp³-hybridized carbons (Fsp3) is 0.182. The monoisotopic (exact) mass is 394 g/mol. The summed E-state index contributed by atoms with van der Waals surface area (Å²) in [4.78, 5) is 16.2. The van der Waals surface area contributed by atoms with Gasteiger partial charge in [-0.25, -0.2) is 9.18 Å². The number of carboxylic acids is 1. The largest absolute Gasteiger partial charge is 0.478 e. The van der Waals surface area contributed by atoms with Crippen molar-refractivity contribution in [3.8, 4) is 0 Å². The first-order chi connectivity index (χ1) is 14.1. The average molecular weight is 394 g/mol. The third kappa shape index (κ3) is 3.83. The van der Waals surface area contributed by atoms with Gasteiger partial charge in [-0.1, -0.05) is 12.1 Å². The van der Waals surface area contributed by atoms with Gasteiger partial charge in [-0.2, -0.15) is 0 Å². The Morgan fingerprint density at radius 3 is 2.83 bits per heavy atom. The van der Waals surface area contributed by atoms with Gasteiger partial charge in [0.2, 0.25) is 0 Å². The number of aromatic carboxylic acids is 1. The van der Waals surface area contributed by atoms with Gasteiger partial charge in [-0.05, 0) is 47.9 Å². The molecule has 148 valence electrons. The molecule has 0 amide bonds. The van der Waals surface area contributed by atoms with Gasteiger partial charge in [0.1, 0.15) is 5.82 Å². The molecule has 0 saturated carbocycles. The van der Waals surface area contributed by atoms with Gasteiger partial charge in [0, 0.05) is 17.1 Å². The van der Waals surface area contributed by atoms with Crippen LogP contribution in [0.4, 0.5) is 15.8 Å². The maximum absolute atomic E-state index is 14.0. The third-order valence-corrected chi connectivity index (χ3v) is 4.90. The Hall–Kier alpha value is -3.29. The van der Waals surface area contributed by atoms with E-state index < -0.39 is 11.8 Å². The summed E-state index contributed by atoms with van der Waals surface area (Å²) in [6.07, 6.45) is 4.33. The smallest absolute Gasteiger partial charge is 0.337 e. The van der Waals surface area contributed by atoms with Crippen LogP contribution in [0.1, 0.15) is 27.9 Å². The topological polar surface area (TPSA) is 91.7 Å². The molecule has 3 aromatic rings. The summed E-state index contributed by atoms with van der Waals surface area (Å²) in [6.45, 7) is 0.779. The molecule has 0 spiro atoms. The fourth-order valence-electron chi connectivity index (χ4n) is 3.42. The highest BCUT2D eigenvalue weighted by molar-refractivity contribution is 6.02. The number of anilines is 2. The van der Waals surface area contributed by atoms with Crippen molar-refractivity contribution in [2.24, 2.45) is 0 Å². The number of benzene rings is 2. The van der Waals surface area contributed by atoms with Crippen molar-refractivity contribution in [2.45, 2.75) is 13.0 Å². The lowest BCUT2D eigenvalue weighted by Crippen LogP contribution is -2.08. The van der Waals surface area contributed by atoms with Crippen LogP contribution in [0.3, 0.4) is 0 Å². The summed E-state index contributed by atoms with van der Waals surface area (Å²) in [5.74, 6) is -1.53. The van der Waals surface area contributed by atoms with Crippen molar-refractivity contribution >= 4 is 33.8 Å². The second kappa shape index (κ2) is 7.98. The third-order valence-electron chi connectivity index (χ3n) is 4.90. The Balaban J connectivity index is 1.91. The number of aromatic nitrogens is 1. The molecular formula is C22H19FN2O4. The first kappa shape index (κ1) is 19.0. The predicted molar refractivity (Wildman–Crippen MR) is 108 cm³/mol. The Morgan fingerprint density at radius 1 is 1.24 bits per heavy atom. The molecule has 7 heteroatoms. The van der Waals surface area contributed by atoms with Crippen LogP contribution in [0.2, 0.25) is 0 Å². The SMILES string of the molecule is O=C(O)c1cc(CO)ccc1Nc1c(C2=CCOCC2)cnc2ccc(F)cc12. The fourth-order valence-corrected chi connectivity index (χ4v) is 3.42. The molecule has 0 radical (unpaired) electrons. The van der Waals surface area contributed by atoms with Gasteiger partial charge in [0.05, 0.1) is 42.3 Å². The molecule has 2 heterocycles. The van der Waals surface area contributed by atoms with Gasteiger partial charge in [0.15, 0.2) is 0 Å². The van der Waals surface area contributed by atoms with E-state index in [-0.39, 0.29) is 12.2 Å². The Kier molecular flexibility index (Phi) is 5.24. The minimum absolute atomic E-state index is 0.0184. The summed E-state index contributed by atoms with van der Waals surface area (Å²) >= 11 is 0. The minimum atomic E-state index is -1.13. The van der Waals surface area contributed by atoms with E-state index in [0.717, 1.165) is 11.1 Å². The number of pyridine rings is 1. The number of rotatable bonds is 5. The van der Waals surface area contributed by atoms with Gasteiger partial charge in [-0.15, -0.1) is 0 Å². The molecule has 6 nitrogen and oxygen atoms in total. The lowest BCUT2D eigenvalue weighted by Gasteiger charge is -2.20. The van der Waals surface area contributed by atoms with Crippen LogP contribution < -0.4 is 5.32 Å². The standard InChI is InChI=1S/C22H19FN2O4/c23-15-2-4-19-16(10-15)21(18(11-24-19)14-5-7-29-8-6-14)25-20-3-1-13(12-26)9-17(20)22(27)28/h1-5,9-11,26H,6-8,12H2,(H,24,25)(H,27,28). The summed E-state index contributed by atoms with van der Waals surface area (Å²) in [6, 6.07) is 8.98. The molecule has 1 aliphatic rings. The first-order valence-corrected chi connectivity index (χ1v) is 9.16. The number of aliphatic hydroxyl groups excluding tert-OH is 1. The van der Waals surface area contributed by atoms with E-state index in [0.29, 0.717) is 47.5 Å². The predicted octanol–water partition coefficient (Wildman–Crippen LogP) is 4.11. The van der Waals surface area contributed by atoms with E-state index in [9.17, 15) is 19.4 Å². The number of halogens is 1. The molecule has 0 saturated heterocycles. The summed E-state index contributed by atoms with van der Waals surface area (Å²) in [7, 11) is 0. The number of aliphatic hydroxyl groups is 1. The van der Waals surface area contributed by atoms with Crippen molar-refractivity contribution in [1.82, 2.24) is 4.98 Å². The molecule has 29 heavy (non-hydrogen) atoms. The lowest BCUT2D eigenvalue weighted by atomic mass is 9.98. The van der Waals surface area contributed by atoms with E-state index >= 15 is 0 Å². The van der Waals surface area contributed by atoms with Crippen molar-refractivity contribution in [3.63, 3.8) is 0 Å². The van der Waals surface area contributed by atoms with E-state index in [4.69, 9.17) is 4.74 Å². The van der Waals surface area contributed by atoms with Crippen LogP contribution >= 0.6 is 0 Å². The zero-order chi connectivity index (χ0) is 20.4. The van der Waals surface area contributed by atoms with Crippen LogP contribution in [0.5, 0.6) is 0 Å². The molecule has 4 rings (SSSR count). The highest BCUT2D eigenvalue weighted by Gasteiger charge is 2.18. The quantitative estimate of drug-likeness (QED) is 0.603. The van der Waals surface area contributed by atoms with Crippen molar-refractivity contribution in [2.75, 3.05) is 18.5 Å². The minimum Gasteiger partial charge on any atom is -0.478 e.